The van der Waals surface area contributed by atoms with Crippen LogP contribution in [0.5, 0.6) is 0 Å². The Morgan fingerprint density at radius 2 is 2.04 bits per heavy atom. The lowest BCUT2D eigenvalue weighted by Gasteiger charge is -2.34. The average molecular weight is 330 g/mol. The molecule has 130 valence electrons. The summed E-state index contributed by atoms with van der Waals surface area (Å²) in [6, 6.07) is 6.54. The first-order valence-electron chi connectivity index (χ1n) is 8.51. The highest BCUT2D eigenvalue weighted by Gasteiger charge is 2.26. The van der Waals surface area contributed by atoms with Crippen molar-refractivity contribution in [3.8, 4) is 0 Å². The van der Waals surface area contributed by atoms with E-state index in [9.17, 15) is 4.79 Å². The maximum absolute atomic E-state index is 12.1. The Morgan fingerprint density at radius 1 is 1.33 bits per heavy atom. The molecule has 1 aliphatic rings. The summed E-state index contributed by atoms with van der Waals surface area (Å²) in [6.07, 6.45) is 1.62. The molecule has 1 aromatic heterocycles. The molecule has 6 nitrogen and oxygen atoms in total. The molecule has 0 unspecified atom stereocenters. The highest BCUT2D eigenvalue weighted by atomic mass is 16.6. The van der Waals surface area contributed by atoms with Crippen LogP contribution in [0, 0.1) is 6.92 Å². The number of nitrogens with zero attached hydrogens (tertiary/aromatic N) is 2. The molecule has 0 atom stereocenters. The Kier molecular flexibility index (Phi) is 4.39. The summed E-state index contributed by atoms with van der Waals surface area (Å²) in [5.74, 6) is 0.924. The molecule has 0 bridgehead atoms. The van der Waals surface area contributed by atoms with E-state index in [1.807, 2.05) is 33.8 Å². The number of nitrogens with one attached hydrogen (secondary N) is 2. The van der Waals surface area contributed by atoms with Crippen LogP contribution in [0.1, 0.15) is 39.4 Å². The minimum atomic E-state index is -0.441. The molecule has 3 rings (SSSR count). The van der Waals surface area contributed by atoms with Crippen molar-refractivity contribution in [3.05, 3.63) is 24.0 Å². The third-order valence-electron chi connectivity index (χ3n) is 4.12. The SMILES string of the molecule is Cc1nc2ccc(NC3CCN(C(=O)OC(C)(C)C)CC3)cc2[nH]1. The maximum Gasteiger partial charge on any atom is 0.410 e. The summed E-state index contributed by atoms with van der Waals surface area (Å²) in [7, 11) is 0. The molecule has 1 aromatic carbocycles. The first kappa shape index (κ1) is 16.6. The van der Waals surface area contributed by atoms with Crippen LogP contribution in [0.25, 0.3) is 11.0 Å². The van der Waals surface area contributed by atoms with Crippen molar-refractivity contribution in [2.75, 3.05) is 18.4 Å². The number of fused-ring (bicyclic) bond motifs is 1. The Morgan fingerprint density at radius 3 is 2.71 bits per heavy atom. The first-order valence-corrected chi connectivity index (χ1v) is 8.51. The Bertz CT molecular complexity index is 724. The number of anilines is 1. The fourth-order valence-electron chi connectivity index (χ4n) is 3.00. The van der Waals surface area contributed by atoms with E-state index in [1.54, 1.807) is 4.90 Å². The van der Waals surface area contributed by atoms with Crippen molar-refractivity contribution in [1.82, 2.24) is 14.9 Å². The van der Waals surface area contributed by atoms with Crippen LogP contribution < -0.4 is 5.32 Å². The third kappa shape index (κ3) is 3.99. The second kappa shape index (κ2) is 6.34. The molecule has 0 radical (unpaired) electrons. The Hall–Kier alpha value is -2.24. The third-order valence-corrected chi connectivity index (χ3v) is 4.12. The number of rotatable bonds is 2. The molecule has 24 heavy (non-hydrogen) atoms. The molecule has 1 aliphatic heterocycles. The van der Waals surface area contributed by atoms with Crippen LogP contribution in [0.2, 0.25) is 0 Å². The summed E-state index contributed by atoms with van der Waals surface area (Å²) in [5, 5.41) is 3.56. The summed E-state index contributed by atoms with van der Waals surface area (Å²) in [6.45, 7) is 9.08. The van der Waals surface area contributed by atoms with Gasteiger partial charge in [-0.2, -0.15) is 0 Å². The van der Waals surface area contributed by atoms with Crippen LogP contribution >= 0.6 is 0 Å². The number of piperidine rings is 1. The molecule has 6 heteroatoms. The van der Waals surface area contributed by atoms with Gasteiger partial charge < -0.3 is 19.9 Å². The summed E-state index contributed by atoms with van der Waals surface area (Å²) in [5.41, 5.74) is 2.67. The number of imidazole rings is 1. The van der Waals surface area contributed by atoms with Crippen molar-refractivity contribution in [2.45, 2.75) is 52.2 Å². The van der Waals surface area contributed by atoms with E-state index >= 15 is 0 Å². The monoisotopic (exact) mass is 330 g/mol. The van der Waals surface area contributed by atoms with Gasteiger partial charge in [0.2, 0.25) is 0 Å². The largest absolute Gasteiger partial charge is 0.444 e. The van der Waals surface area contributed by atoms with Crippen LogP contribution in [0.4, 0.5) is 10.5 Å². The van der Waals surface area contributed by atoms with E-state index < -0.39 is 5.60 Å². The maximum atomic E-state index is 12.1. The Balaban J connectivity index is 1.55. The molecular weight excluding hydrogens is 304 g/mol. The minimum Gasteiger partial charge on any atom is -0.444 e. The quantitative estimate of drug-likeness (QED) is 0.881. The van der Waals surface area contributed by atoms with Crippen LogP contribution in [-0.2, 0) is 4.74 Å². The lowest BCUT2D eigenvalue weighted by molar-refractivity contribution is 0.0210. The van der Waals surface area contributed by atoms with Gasteiger partial charge in [-0.1, -0.05) is 0 Å². The zero-order chi connectivity index (χ0) is 17.3. The lowest BCUT2D eigenvalue weighted by atomic mass is 10.0. The van der Waals surface area contributed by atoms with Crippen LogP contribution in [-0.4, -0.2) is 45.7 Å². The second-order valence-corrected chi connectivity index (χ2v) is 7.44. The van der Waals surface area contributed by atoms with Crippen molar-refractivity contribution in [3.63, 3.8) is 0 Å². The lowest BCUT2D eigenvalue weighted by Crippen LogP contribution is -2.44. The van der Waals surface area contributed by atoms with Gasteiger partial charge in [0.05, 0.1) is 11.0 Å². The van der Waals surface area contributed by atoms with Gasteiger partial charge in [0.1, 0.15) is 11.4 Å². The smallest absolute Gasteiger partial charge is 0.410 e. The number of hydrogen-bond donors (Lipinski definition) is 2. The topological polar surface area (TPSA) is 70.2 Å². The van der Waals surface area contributed by atoms with Gasteiger partial charge in [0, 0.05) is 24.8 Å². The zero-order valence-corrected chi connectivity index (χ0v) is 14.8. The van der Waals surface area contributed by atoms with Gasteiger partial charge in [-0.25, -0.2) is 9.78 Å². The number of likely N-dealkylation sites (tertiary alicyclic amines) is 1. The van der Waals surface area contributed by atoms with E-state index in [-0.39, 0.29) is 6.09 Å². The summed E-state index contributed by atoms with van der Waals surface area (Å²) in [4.78, 5) is 21.6. The molecular formula is C18H26N4O2. The van der Waals surface area contributed by atoms with Gasteiger partial charge in [0.25, 0.3) is 0 Å². The van der Waals surface area contributed by atoms with Gasteiger partial charge in [-0.15, -0.1) is 0 Å². The number of carbonyl (C=O) groups is 1. The number of aromatic amines is 1. The molecule has 2 heterocycles. The van der Waals surface area contributed by atoms with E-state index in [4.69, 9.17) is 4.74 Å². The highest BCUT2D eigenvalue weighted by Crippen LogP contribution is 2.21. The normalized spacial score (nSPS) is 16.4. The molecule has 0 aliphatic carbocycles. The molecule has 1 amide bonds. The fourth-order valence-corrected chi connectivity index (χ4v) is 3.00. The molecule has 1 fully saturated rings. The molecule has 2 aromatic rings. The second-order valence-electron chi connectivity index (χ2n) is 7.44. The highest BCUT2D eigenvalue weighted by molar-refractivity contribution is 5.79. The minimum absolute atomic E-state index is 0.213. The molecule has 2 N–H and O–H groups in total. The Labute approximate surface area is 142 Å². The van der Waals surface area contributed by atoms with Gasteiger partial charge in [-0.05, 0) is 58.7 Å². The summed E-state index contributed by atoms with van der Waals surface area (Å²) >= 11 is 0. The number of ether oxygens (including phenoxy) is 1. The molecule has 0 spiro atoms. The predicted octanol–water partition coefficient (Wildman–Crippen LogP) is 3.68. The summed E-state index contributed by atoms with van der Waals surface area (Å²) < 4.78 is 5.44. The number of amides is 1. The zero-order valence-electron chi connectivity index (χ0n) is 14.8. The van der Waals surface area contributed by atoms with E-state index in [0.717, 1.165) is 48.5 Å². The number of aromatic nitrogens is 2. The molecule has 1 saturated heterocycles. The van der Waals surface area contributed by atoms with Crippen LogP contribution in [0.3, 0.4) is 0 Å². The van der Waals surface area contributed by atoms with E-state index in [2.05, 4.69) is 27.4 Å². The number of aryl methyl sites for hydroxylation is 1. The standard InChI is InChI=1S/C18H26N4O2/c1-12-19-15-6-5-14(11-16(15)20-12)21-13-7-9-22(10-8-13)17(23)24-18(2,3)4/h5-6,11,13,21H,7-10H2,1-4H3,(H,19,20). The molecule has 0 saturated carbocycles. The van der Waals surface area contributed by atoms with Crippen LogP contribution in [0.15, 0.2) is 18.2 Å². The van der Waals surface area contributed by atoms with Gasteiger partial charge in [0.15, 0.2) is 0 Å². The van der Waals surface area contributed by atoms with E-state index in [1.165, 1.54) is 0 Å². The number of carbonyl (C=O) groups excluding carboxylic acids is 1. The van der Waals surface area contributed by atoms with Crippen molar-refractivity contribution in [2.24, 2.45) is 0 Å². The van der Waals surface area contributed by atoms with Crippen molar-refractivity contribution in [1.29, 1.82) is 0 Å². The number of H-pyrrole nitrogens is 1. The fraction of sp³-hybridized carbons (Fsp3) is 0.556. The van der Waals surface area contributed by atoms with Gasteiger partial charge in [-0.3, -0.25) is 0 Å². The average Bonchev–Trinajstić information content (AvgIpc) is 2.85. The van der Waals surface area contributed by atoms with Crippen molar-refractivity contribution >= 4 is 22.8 Å². The van der Waals surface area contributed by atoms with Gasteiger partial charge >= 0.3 is 6.09 Å². The van der Waals surface area contributed by atoms with Crippen molar-refractivity contribution < 1.29 is 9.53 Å². The first-order chi connectivity index (χ1) is 11.3. The number of benzene rings is 1. The van der Waals surface area contributed by atoms with E-state index in [0.29, 0.717) is 6.04 Å². The number of hydrogen-bond acceptors (Lipinski definition) is 4. The predicted molar refractivity (Wildman–Crippen MR) is 95.3 cm³/mol.